The fourth-order valence-corrected chi connectivity index (χ4v) is 1.99. The number of nitrogens with zero attached hydrogens (tertiary/aromatic N) is 1. The quantitative estimate of drug-likeness (QED) is 0.594. The molecule has 1 aliphatic rings. The second kappa shape index (κ2) is 7.30. The van der Waals surface area contributed by atoms with Gasteiger partial charge in [-0.25, -0.2) is 4.79 Å². The van der Waals surface area contributed by atoms with Gasteiger partial charge >= 0.3 is 12.0 Å². The van der Waals surface area contributed by atoms with Crippen molar-refractivity contribution >= 4 is 12.0 Å². The highest BCUT2D eigenvalue weighted by Gasteiger charge is 2.32. The van der Waals surface area contributed by atoms with Crippen molar-refractivity contribution < 1.29 is 24.5 Å². The zero-order chi connectivity index (χ0) is 14.3. The molecule has 110 valence electrons. The number of ether oxygens (including phenoxy) is 1. The number of hydrogen-bond acceptors (Lipinski definition) is 4. The van der Waals surface area contributed by atoms with Crippen LogP contribution in [0, 0.1) is 0 Å². The van der Waals surface area contributed by atoms with E-state index in [-0.39, 0.29) is 19.0 Å². The van der Waals surface area contributed by atoms with E-state index in [1.165, 1.54) is 4.90 Å². The van der Waals surface area contributed by atoms with Crippen molar-refractivity contribution in [2.45, 2.75) is 31.3 Å². The monoisotopic (exact) mass is 274 g/mol. The fourth-order valence-electron chi connectivity index (χ4n) is 1.99. The molecule has 1 aliphatic heterocycles. The third-order valence-corrected chi connectivity index (χ3v) is 3.15. The number of aliphatic hydroxyl groups is 1. The van der Waals surface area contributed by atoms with Gasteiger partial charge in [0.2, 0.25) is 0 Å². The number of amides is 2. The summed E-state index contributed by atoms with van der Waals surface area (Å²) >= 11 is 0. The molecule has 0 bridgehead atoms. The lowest BCUT2D eigenvalue weighted by atomic mass is 9.94. The molecule has 0 atom stereocenters. The molecule has 3 N–H and O–H groups in total. The molecule has 7 nitrogen and oxygen atoms in total. The van der Waals surface area contributed by atoms with E-state index >= 15 is 0 Å². The van der Waals surface area contributed by atoms with E-state index < -0.39 is 11.6 Å². The predicted octanol–water partition coefficient (Wildman–Crippen LogP) is 0.0341. The van der Waals surface area contributed by atoms with E-state index in [1.807, 2.05) is 0 Å². The van der Waals surface area contributed by atoms with E-state index in [0.29, 0.717) is 39.0 Å². The summed E-state index contributed by atoms with van der Waals surface area (Å²) in [5.41, 5.74) is -0.884. The lowest BCUT2D eigenvalue weighted by Crippen LogP contribution is -2.49. The molecule has 1 rings (SSSR count). The van der Waals surface area contributed by atoms with Gasteiger partial charge in [-0.3, -0.25) is 4.79 Å². The molecule has 7 heteroatoms. The number of carbonyl (C=O) groups excluding carboxylic acids is 1. The van der Waals surface area contributed by atoms with Gasteiger partial charge in [-0.05, 0) is 6.42 Å². The summed E-state index contributed by atoms with van der Waals surface area (Å²) in [7, 11) is 1.61. The molecular weight excluding hydrogens is 252 g/mol. The standard InChI is InChI=1S/C12H22N2O5/c1-14(9-12(18)4-7-19-8-5-12)11(17)13-6-2-3-10(15)16/h18H,2-9H2,1H3,(H,13,17)(H,15,16). The van der Waals surface area contributed by atoms with Crippen LogP contribution < -0.4 is 5.32 Å². The summed E-state index contributed by atoms with van der Waals surface area (Å²) in [4.78, 5) is 23.5. The van der Waals surface area contributed by atoms with Crippen molar-refractivity contribution in [2.75, 3.05) is 33.4 Å². The SMILES string of the molecule is CN(CC1(O)CCOCC1)C(=O)NCCCC(=O)O. The maximum Gasteiger partial charge on any atom is 0.317 e. The second-order valence-electron chi connectivity index (χ2n) is 4.92. The molecule has 1 heterocycles. The molecule has 0 radical (unpaired) electrons. The van der Waals surface area contributed by atoms with E-state index in [4.69, 9.17) is 9.84 Å². The van der Waals surface area contributed by atoms with Crippen LogP contribution in [-0.2, 0) is 9.53 Å². The number of likely N-dealkylation sites (N-methyl/N-ethyl adjacent to an activating group) is 1. The molecule has 1 fully saturated rings. The average Bonchev–Trinajstić information content (AvgIpc) is 2.34. The summed E-state index contributed by atoms with van der Waals surface area (Å²) in [6.07, 6.45) is 1.46. The first-order chi connectivity index (χ1) is 8.93. The molecule has 19 heavy (non-hydrogen) atoms. The number of carbonyl (C=O) groups is 2. The number of carboxylic acid groups (broad SMARTS) is 1. The number of hydrogen-bond donors (Lipinski definition) is 3. The number of nitrogens with one attached hydrogen (secondary N) is 1. The average molecular weight is 274 g/mol. The highest BCUT2D eigenvalue weighted by Crippen LogP contribution is 2.21. The Morgan fingerprint density at radius 3 is 2.58 bits per heavy atom. The van der Waals surface area contributed by atoms with Crippen LogP contribution in [-0.4, -0.2) is 66.1 Å². The van der Waals surface area contributed by atoms with Crippen LogP contribution in [0.15, 0.2) is 0 Å². The lowest BCUT2D eigenvalue weighted by Gasteiger charge is -2.35. The van der Waals surface area contributed by atoms with Crippen LogP contribution in [0.5, 0.6) is 0 Å². The molecule has 0 aliphatic carbocycles. The molecule has 0 unspecified atom stereocenters. The van der Waals surface area contributed by atoms with E-state index in [9.17, 15) is 14.7 Å². The number of carboxylic acids is 1. The van der Waals surface area contributed by atoms with Crippen LogP contribution in [0.25, 0.3) is 0 Å². The molecular formula is C12H22N2O5. The number of aliphatic carboxylic acids is 1. The highest BCUT2D eigenvalue weighted by molar-refractivity contribution is 5.74. The maximum absolute atomic E-state index is 11.7. The van der Waals surface area contributed by atoms with Gasteiger partial charge in [0.15, 0.2) is 0 Å². The largest absolute Gasteiger partial charge is 0.481 e. The summed E-state index contributed by atoms with van der Waals surface area (Å²) in [5.74, 6) is -0.876. The lowest BCUT2D eigenvalue weighted by molar-refractivity contribution is -0.137. The van der Waals surface area contributed by atoms with E-state index in [2.05, 4.69) is 5.32 Å². The van der Waals surface area contributed by atoms with Crippen LogP contribution in [0.4, 0.5) is 4.79 Å². The van der Waals surface area contributed by atoms with Crippen molar-refractivity contribution in [3.05, 3.63) is 0 Å². The Hall–Kier alpha value is -1.34. The first-order valence-electron chi connectivity index (χ1n) is 6.44. The topological polar surface area (TPSA) is 99.1 Å². The van der Waals surface area contributed by atoms with Gasteiger partial charge in [-0.2, -0.15) is 0 Å². The third kappa shape index (κ3) is 5.89. The minimum absolute atomic E-state index is 0.0330. The van der Waals surface area contributed by atoms with E-state index in [0.717, 1.165) is 0 Å². The summed E-state index contributed by atoms with van der Waals surface area (Å²) in [5, 5.41) is 21.4. The zero-order valence-corrected chi connectivity index (χ0v) is 11.2. The molecule has 0 saturated carbocycles. The first-order valence-corrected chi connectivity index (χ1v) is 6.44. The fraction of sp³-hybridized carbons (Fsp3) is 0.833. The van der Waals surface area contributed by atoms with Crippen LogP contribution in [0.2, 0.25) is 0 Å². The second-order valence-corrected chi connectivity index (χ2v) is 4.92. The molecule has 2 amide bonds. The zero-order valence-electron chi connectivity index (χ0n) is 11.2. The number of urea groups is 1. The maximum atomic E-state index is 11.7. The summed E-state index contributed by atoms with van der Waals surface area (Å²) in [6, 6.07) is -0.301. The van der Waals surface area contributed by atoms with Gasteiger partial charge < -0.3 is 25.2 Å². The molecule has 0 aromatic carbocycles. The van der Waals surface area contributed by atoms with E-state index in [1.54, 1.807) is 7.05 Å². The number of rotatable bonds is 6. The van der Waals surface area contributed by atoms with Crippen molar-refractivity contribution in [1.82, 2.24) is 10.2 Å². The Morgan fingerprint density at radius 1 is 1.37 bits per heavy atom. The van der Waals surface area contributed by atoms with Gasteiger partial charge in [-0.1, -0.05) is 0 Å². The van der Waals surface area contributed by atoms with Crippen molar-refractivity contribution in [1.29, 1.82) is 0 Å². The summed E-state index contributed by atoms with van der Waals surface area (Å²) < 4.78 is 5.17. The Bertz CT molecular complexity index is 315. The third-order valence-electron chi connectivity index (χ3n) is 3.15. The smallest absolute Gasteiger partial charge is 0.317 e. The van der Waals surface area contributed by atoms with Crippen LogP contribution >= 0.6 is 0 Å². The molecule has 1 saturated heterocycles. The Morgan fingerprint density at radius 2 is 2.00 bits per heavy atom. The van der Waals surface area contributed by atoms with Gasteiger partial charge in [0, 0.05) is 46.1 Å². The van der Waals surface area contributed by atoms with Crippen LogP contribution in [0.3, 0.4) is 0 Å². The van der Waals surface area contributed by atoms with Crippen LogP contribution in [0.1, 0.15) is 25.7 Å². The van der Waals surface area contributed by atoms with Gasteiger partial charge in [0.25, 0.3) is 0 Å². The predicted molar refractivity (Wildman–Crippen MR) is 67.9 cm³/mol. The van der Waals surface area contributed by atoms with Crippen molar-refractivity contribution in [3.63, 3.8) is 0 Å². The van der Waals surface area contributed by atoms with Gasteiger partial charge in [-0.15, -0.1) is 0 Å². The minimum atomic E-state index is -0.884. The Labute approximate surface area is 112 Å². The van der Waals surface area contributed by atoms with Gasteiger partial charge in [0.1, 0.15) is 0 Å². The van der Waals surface area contributed by atoms with Gasteiger partial charge in [0.05, 0.1) is 12.1 Å². The normalized spacial score (nSPS) is 17.8. The highest BCUT2D eigenvalue weighted by atomic mass is 16.5. The molecule has 0 spiro atoms. The van der Waals surface area contributed by atoms with Crippen molar-refractivity contribution in [2.24, 2.45) is 0 Å². The summed E-state index contributed by atoms with van der Waals surface area (Å²) in [6.45, 7) is 1.58. The minimum Gasteiger partial charge on any atom is -0.481 e. The molecule has 0 aromatic rings. The van der Waals surface area contributed by atoms with Crippen molar-refractivity contribution in [3.8, 4) is 0 Å². The molecule has 0 aromatic heterocycles. The Kier molecular flexibility index (Phi) is 6.04. The first kappa shape index (κ1) is 15.7. The Balaban J connectivity index is 2.25.